The number of Topliss-reactive ketones (excluding diaryl/α,β-unsaturated/α-hetero) is 2. The van der Waals surface area contributed by atoms with Crippen LogP contribution in [0.3, 0.4) is 0 Å². The third-order valence-electron chi connectivity index (χ3n) is 5.33. The predicted molar refractivity (Wildman–Crippen MR) is 72.2 cm³/mol. The van der Waals surface area contributed by atoms with Gasteiger partial charge in [0.05, 0.1) is 0 Å². The number of rotatable bonds is 1. The maximum atomic E-state index is 12.7. The molecule has 3 fully saturated rings. The lowest BCUT2D eigenvalue weighted by atomic mass is 9.44. The van der Waals surface area contributed by atoms with Gasteiger partial charge in [-0.3, -0.25) is 9.59 Å². The maximum absolute atomic E-state index is 12.7. The standard InChI is InChI=1S/C16H24O2/c1-9(2)11-8-16(6)12(10(3)17)7-13(11)15(4,5)14(16)18/h12-13H,7-8H2,1-6H3/t12-,13-,16-/m0/s1. The van der Waals surface area contributed by atoms with Gasteiger partial charge < -0.3 is 0 Å². The van der Waals surface area contributed by atoms with Crippen LogP contribution in [-0.2, 0) is 9.59 Å². The molecular formula is C16H24O2. The number of hydrogen-bond acceptors (Lipinski definition) is 2. The van der Waals surface area contributed by atoms with Gasteiger partial charge in [-0.15, -0.1) is 0 Å². The van der Waals surface area contributed by atoms with E-state index in [1.54, 1.807) is 6.92 Å². The minimum atomic E-state index is -0.476. The van der Waals surface area contributed by atoms with Crippen molar-refractivity contribution in [3.8, 4) is 0 Å². The van der Waals surface area contributed by atoms with Crippen LogP contribution in [0.2, 0.25) is 0 Å². The number of carbonyl (C=O) groups is 2. The van der Waals surface area contributed by atoms with Crippen molar-refractivity contribution in [1.29, 1.82) is 0 Å². The van der Waals surface area contributed by atoms with Gasteiger partial charge in [-0.05, 0) is 39.5 Å². The van der Waals surface area contributed by atoms with Crippen molar-refractivity contribution < 1.29 is 9.59 Å². The van der Waals surface area contributed by atoms with Gasteiger partial charge in [-0.1, -0.05) is 31.9 Å². The minimum absolute atomic E-state index is 0.0777. The molecule has 0 aromatic heterocycles. The first-order valence-corrected chi connectivity index (χ1v) is 6.84. The molecule has 2 bridgehead atoms. The summed E-state index contributed by atoms with van der Waals surface area (Å²) in [6.07, 6.45) is 1.64. The van der Waals surface area contributed by atoms with E-state index in [1.165, 1.54) is 11.1 Å². The molecule has 2 heteroatoms. The summed E-state index contributed by atoms with van der Waals surface area (Å²) in [5.74, 6) is 0.646. The van der Waals surface area contributed by atoms with E-state index < -0.39 is 5.41 Å². The van der Waals surface area contributed by atoms with Crippen LogP contribution in [0, 0.1) is 22.7 Å². The van der Waals surface area contributed by atoms with E-state index in [0.717, 1.165) is 12.8 Å². The smallest absolute Gasteiger partial charge is 0.145 e. The van der Waals surface area contributed by atoms with Crippen LogP contribution in [0.5, 0.6) is 0 Å². The summed E-state index contributed by atoms with van der Waals surface area (Å²) < 4.78 is 0. The quantitative estimate of drug-likeness (QED) is 0.665. The number of ketones is 2. The second kappa shape index (κ2) is 3.79. The Bertz CT molecular complexity index is 452. The zero-order chi connectivity index (χ0) is 13.9. The molecule has 18 heavy (non-hydrogen) atoms. The number of carbonyl (C=O) groups excluding carboxylic acids is 2. The highest BCUT2D eigenvalue weighted by Crippen LogP contribution is 2.61. The molecular weight excluding hydrogens is 224 g/mol. The highest BCUT2D eigenvalue weighted by Gasteiger charge is 2.62. The van der Waals surface area contributed by atoms with Crippen LogP contribution in [0.4, 0.5) is 0 Å². The topological polar surface area (TPSA) is 34.1 Å². The van der Waals surface area contributed by atoms with Gasteiger partial charge in [0.1, 0.15) is 11.6 Å². The van der Waals surface area contributed by atoms with Gasteiger partial charge in [0.15, 0.2) is 0 Å². The van der Waals surface area contributed by atoms with E-state index in [4.69, 9.17) is 0 Å². The van der Waals surface area contributed by atoms with Crippen LogP contribution < -0.4 is 0 Å². The fourth-order valence-electron chi connectivity index (χ4n) is 4.28. The van der Waals surface area contributed by atoms with Gasteiger partial charge in [0.25, 0.3) is 0 Å². The van der Waals surface area contributed by atoms with Crippen LogP contribution >= 0.6 is 0 Å². The normalized spacial score (nSPS) is 37.9. The van der Waals surface area contributed by atoms with Gasteiger partial charge in [0, 0.05) is 16.7 Å². The molecule has 0 aromatic carbocycles. The molecule has 0 unspecified atom stereocenters. The van der Waals surface area contributed by atoms with Gasteiger partial charge in [-0.25, -0.2) is 0 Å². The summed E-state index contributed by atoms with van der Waals surface area (Å²) in [4.78, 5) is 24.6. The second-order valence-corrected chi connectivity index (χ2v) is 7.12. The van der Waals surface area contributed by atoms with Crippen LogP contribution in [-0.4, -0.2) is 11.6 Å². The molecule has 100 valence electrons. The summed E-state index contributed by atoms with van der Waals surface area (Å²) in [5.41, 5.74) is 1.95. The highest BCUT2D eigenvalue weighted by molar-refractivity contribution is 5.98. The molecule has 0 radical (unpaired) electrons. The lowest BCUT2D eigenvalue weighted by molar-refractivity contribution is -0.159. The monoisotopic (exact) mass is 248 g/mol. The average molecular weight is 248 g/mol. The molecule has 0 heterocycles. The molecule has 3 rings (SSSR count). The van der Waals surface area contributed by atoms with Crippen molar-refractivity contribution in [2.75, 3.05) is 0 Å². The van der Waals surface area contributed by atoms with Crippen LogP contribution in [0.1, 0.15) is 54.4 Å². The predicted octanol–water partition coefficient (Wildman–Crippen LogP) is 3.55. The summed E-state index contributed by atoms with van der Waals surface area (Å²) in [5, 5.41) is 0. The number of fused-ring (bicyclic) bond motifs is 3. The zero-order valence-corrected chi connectivity index (χ0v) is 12.4. The first-order valence-electron chi connectivity index (χ1n) is 6.84. The largest absolute Gasteiger partial charge is 0.300 e. The van der Waals surface area contributed by atoms with E-state index in [2.05, 4.69) is 27.7 Å². The SMILES string of the molecule is CC(=O)[C@@H]1C[C@H]2C(=C(C)C)C[C@]1(C)C(=O)C2(C)C. The fourth-order valence-corrected chi connectivity index (χ4v) is 4.28. The highest BCUT2D eigenvalue weighted by atomic mass is 16.1. The maximum Gasteiger partial charge on any atom is 0.145 e. The number of allylic oxidation sites excluding steroid dienone is 2. The molecule has 0 amide bonds. The van der Waals surface area contributed by atoms with Gasteiger partial charge >= 0.3 is 0 Å². The Hall–Kier alpha value is -0.920. The van der Waals surface area contributed by atoms with Crippen LogP contribution in [0.15, 0.2) is 11.1 Å². The van der Waals surface area contributed by atoms with Gasteiger partial charge in [-0.2, -0.15) is 0 Å². The van der Waals surface area contributed by atoms with Crippen molar-refractivity contribution in [3.63, 3.8) is 0 Å². The van der Waals surface area contributed by atoms with E-state index >= 15 is 0 Å². The molecule has 0 aliphatic heterocycles. The summed E-state index contributed by atoms with van der Waals surface area (Å²) >= 11 is 0. The molecule has 0 spiro atoms. The van der Waals surface area contributed by atoms with Crippen molar-refractivity contribution in [3.05, 3.63) is 11.1 Å². The third kappa shape index (κ3) is 1.54. The molecule has 3 aliphatic carbocycles. The Labute approximate surface area is 110 Å². The lowest BCUT2D eigenvalue weighted by Crippen LogP contribution is -2.59. The molecule has 0 aromatic rings. The zero-order valence-electron chi connectivity index (χ0n) is 12.4. The van der Waals surface area contributed by atoms with E-state index in [9.17, 15) is 9.59 Å². The van der Waals surface area contributed by atoms with E-state index in [1.807, 2.05) is 6.92 Å². The summed E-state index contributed by atoms with van der Waals surface area (Å²) in [7, 11) is 0. The van der Waals surface area contributed by atoms with Crippen LogP contribution in [0.25, 0.3) is 0 Å². The molecule has 3 saturated carbocycles. The molecule has 3 aliphatic rings. The molecule has 0 N–H and O–H groups in total. The van der Waals surface area contributed by atoms with Crippen molar-refractivity contribution in [1.82, 2.24) is 0 Å². The summed E-state index contributed by atoms with van der Waals surface area (Å²) in [6, 6.07) is 0. The molecule has 2 nitrogen and oxygen atoms in total. The summed E-state index contributed by atoms with van der Waals surface area (Å²) in [6.45, 7) is 12.0. The average Bonchev–Trinajstić information content (AvgIpc) is 2.24. The van der Waals surface area contributed by atoms with E-state index in [-0.39, 0.29) is 28.8 Å². The third-order valence-corrected chi connectivity index (χ3v) is 5.33. The van der Waals surface area contributed by atoms with Crippen molar-refractivity contribution in [2.45, 2.75) is 54.4 Å². The Morgan fingerprint density at radius 3 is 2.17 bits per heavy atom. The first kappa shape index (κ1) is 13.5. The lowest BCUT2D eigenvalue weighted by Gasteiger charge is -2.57. The Kier molecular flexibility index (Phi) is 2.84. The Morgan fingerprint density at radius 2 is 1.72 bits per heavy atom. The second-order valence-electron chi connectivity index (χ2n) is 7.12. The molecule has 0 saturated heterocycles. The fraction of sp³-hybridized carbons (Fsp3) is 0.750. The van der Waals surface area contributed by atoms with Gasteiger partial charge in [0.2, 0.25) is 0 Å². The van der Waals surface area contributed by atoms with Crippen molar-refractivity contribution >= 4 is 11.6 Å². The molecule has 3 atom stereocenters. The van der Waals surface area contributed by atoms with Crippen molar-refractivity contribution in [2.24, 2.45) is 22.7 Å². The Balaban J connectivity index is 2.58. The van der Waals surface area contributed by atoms with E-state index in [0.29, 0.717) is 0 Å². The first-order chi connectivity index (χ1) is 8.12. The minimum Gasteiger partial charge on any atom is -0.300 e. The Morgan fingerprint density at radius 1 is 1.17 bits per heavy atom. The number of hydrogen-bond donors (Lipinski definition) is 0.